The van der Waals surface area contributed by atoms with Crippen molar-refractivity contribution in [2.75, 3.05) is 45.9 Å². The van der Waals surface area contributed by atoms with Gasteiger partial charge in [0.1, 0.15) is 6.10 Å². The van der Waals surface area contributed by atoms with Gasteiger partial charge in [-0.1, -0.05) is 6.07 Å². The zero-order chi connectivity index (χ0) is 19.4. The van der Waals surface area contributed by atoms with E-state index in [1.165, 1.54) is 12.8 Å². The molecular formula is C21H36IN5O2. The maximum Gasteiger partial charge on any atom is 0.213 e. The van der Waals surface area contributed by atoms with Crippen LogP contribution in [0.3, 0.4) is 0 Å². The molecule has 164 valence electrons. The van der Waals surface area contributed by atoms with Crippen LogP contribution in [0.4, 0.5) is 0 Å². The number of morpholine rings is 1. The third kappa shape index (κ3) is 9.04. The fourth-order valence-corrected chi connectivity index (χ4v) is 3.60. The van der Waals surface area contributed by atoms with E-state index >= 15 is 0 Å². The summed E-state index contributed by atoms with van der Waals surface area (Å²) in [6.07, 6.45) is 8.15. The number of guanidine groups is 1. The molecule has 0 spiro atoms. The summed E-state index contributed by atoms with van der Waals surface area (Å²) in [4.78, 5) is 11.6. The van der Waals surface area contributed by atoms with E-state index in [4.69, 9.17) is 9.47 Å². The SMILES string of the molecule is CCNC(=NCc1ccc(OC2CCCC2)nc1)NCCCN1CCOCC1.I. The molecule has 1 aliphatic carbocycles. The van der Waals surface area contributed by atoms with Gasteiger partial charge in [-0.2, -0.15) is 0 Å². The number of hydrogen-bond acceptors (Lipinski definition) is 5. The molecule has 0 atom stereocenters. The smallest absolute Gasteiger partial charge is 0.213 e. The number of pyridine rings is 1. The first-order valence-corrected chi connectivity index (χ1v) is 10.8. The Labute approximate surface area is 192 Å². The van der Waals surface area contributed by atoms with Crippen LogP contribution in [0.5, 0.6) is 5.88 Å². The number of ether oxygens (including phenoxy) is 2. The summed E-state index contributed by atoms with van der Waals surface area (Å²) < 4.78 is 11.3. The van der Waals surface area contributed by atoms with Gasteiger partial charge in [-0.3, -0.25) is 4.90 Å². The predicted octanol–water partition coefficient (Wildman–Crippen LogP) is 2.80. The van der Waals surface area contributed by atoms with Gasteiger partial charge >= 0.3 is 0 Å². The largest absolute Gasteiger partial charge is 0.474 e. The van der Waals surface area contributed by atoms with E-state index in [-0.39, 0.29) is 24.0 Å². The molecule has 8 heteroatoms. The summed E-state index contributed by atoms with van der Waals surface area (Å²) in [5.41, 5.74) is 1.09. The summed E-state index contributed by atoms with van der Waals surface area (Å²) in [5, 5.41) is 6.74. The highest BCUT2D eigenvalue weighted by molar-refractivity contribution is 14.0. The normalized spacial score (nSPS) is 18.3. The molecule has 2 aliphatic rings. The van der Waals surface area contributed by atoms with Crippen molar-refractivity contribution in [2.24, 2.45) is 4.99 Å². The molecule has 0 bridgehead atoms. The molecule has 0 aromatic carbocycles. The Kier molecular flexibility index (Phi) is 11.6. The second-order valence-electron chi connectivity index (χ2n) is 7.46. The van der Waals surface area contributed by atoms with E-state index in [9.17, 15) is 0 Å². The van der Waals surface area contributed by atoms with Gasteiger partial charge in [-0.25, -0.2) is 9.98 Å². The first kappa shape index (κ1) is 24.1. The molecule has 7 nitrogen and oxygen atoms in total. The van der Waals surface area contributed by atoms with Crippen molar-refractivity contribution in [3.8, 4) is 5.88 Å². The van der Waals surface area contributed by atoms with Crippen LogP contribution in [0.1, 0.15) is 44.6 Å². The van der Waals surface area contributed by atoms with Crippen molar-refractivity contribution in [3.63, 3.8) is 0 Å². The molecular weight excluding hydrogens is 481 g/mol. The Morgan fingerprint density at radius 2 is 2.03 bits per heavy atom. The van der Waals surface area contributed by atoms with Crippen LogP contribution in [-0.4, -0.2) is 67.9 Å². The van der Waals surface area contributed by atoms with Crippen LogP contribution in [-0.2, 0) is 11.3 Å². The van der Waals surface area contributed by atoms with Crippen molar-refractivity contribution in [3.05, 3.63) is 23.9 Å². The quantitative estimate of drug-likeness (QED) is 0.227. The van der Waals surface area contributed by atoms with Crippen molar-refractivity contribution >= 4 is 29.9 Å². The number of rotatable bonds is 9. The maximum absolute atomic E-state index is 5.93. The minimum Gasteiger partial charge on any atom is -0.474 e. The minimum atomic E-state index is 0. The van der Waals surface area contributed by atoms with E-state index in [1.54, 1.807) is 0 Å². The number of nitrogens with zero attached hydrogens (tertiary/aromatic N) is 3. The highest BCUT2D eigenvalue weighted by atomic mass is 127. The Hall–Kier alpha value is -1.13. The van der Waals surface area contributed by atoms with Crippen molar-refractivity contribution in [1.29, 1.82) is 0 Å². The minimum absolute atomic E-state index is 0. The average Bonchev–Trinajstić information content (AvgIpc) is 3.24. The predicted molar refractivity (Wildman–Crippen MR) is 127 cm³/mol. The van der Waals surface area contributed by atoms with Gasteiger partial charge in [0.05, 0.1) is 19.8 Å². The molecule has 2 fully saturated rings. The van der Waals surface area contributed by atoms with Crippen LogP contribution >= 0.6 is 24.0 Å². The lowest BCUT2D eigenvalue weighted by molar-refractivity contribution is 0.0376. The highest BCUT2D eigenvalue weighted by Crippen LogP contribution is 2.22. The second kappa shape index (κ2) is 14.0. The monoisotopic (exact) mass is 517 g/mol. The fourth-order valence-electron chi connectivity index (χ4n) is 3.60. The van der Waals surface area contributed by atoms with Crippen molar-refractivity contribution in [1.82, 2.24) is 20.5 Å². The third-order valence-electron chi connectivity index (χ3n) is 5.20. The van der Waals surface area contributed by atoms with E-state index in [0.717, 1.165) is 82.6 Å². The molecule has 1 saturated heterocycles. The van der Waals surface area contributed by atoms with E-state index in [1.807, 2.05) is 12.3 Å². The molecule has 1 aromatic heterocycles. The summed E-state index contributed by atoms with van der Waals surface area (Å²) in [7, 11) is 0. The van der Waals surface area contributed by atoms with Crippen LogP contribution < -0.4 is 15.4 Å². The molecule has 2 N–H and O–H groups in total. The Balaban J connectivity index is 0.00000300. The van der Waals surface area contributed by atoms with Gasteiger partial charge in [-0.05, 0) is 51.1 Å². The first-order chi connectivity index (χ1) is 13.8. The number of aromatic nitrogens is 1. The van der Waals surface area contributed by atoms with Gasteiger partial charge in [0.25, 0.3) is 0 Å². The molecule has 1 saturated carbocycles. The second-order valence-corrected chi connectivity index (χ2v) is 7.46. The molecule has 3 rings (SSSR count). The summed E-state index contributed by atoms with van der Waals surface area (Å²) in [6.45, 7) is 9.35. The van der Waals surface area contributed by atoms with E-state index in [0.29, 0.717) is 12.6 Å². The molecule has 0 radical (unpaired) electrons. The molecule has 1 aromatic rings. The highest BCUT2D eigenvalue weighted by Gasteiger charge is 2.16. The zero-order valence-corrected chi connectivity index (χ0v) is 19.9. The van der Waals surface area contributed by atoms with Gasteiger partial charge in [0.15, 0.2) is 5.96 Å². The molecule has 0 amide bonds. The summed E-state index contributed by atoms with van der Waals surface area (Å²) in [6, 6.07) is 4.02. The summed E-state index contributed by atoms with van der Waals surface area (Å²) >= 11 is 0. The van der Waals surface area contributed by atoms with Gasteiger partial charge in [-0.15, -0.1) is 24.0 Å². The summed E-state index contributed by atoms with van der Waals surface area (Å²) in [5.74, 6) is 1.59. The van der Waals surface area contributed by atoms with Crippen LogP contribution in [0, 0.1) is 0 Å². The van der Waals surface area contributed by atoms with E-state index < -0.39 is 0 Å². The van der Waals surface area contributed by atoms with Gasteiger partial charge in [0, 0.05) is 38.4 Å². The maximum atomic E-state index is 5.93. The Morgan fingerprint density at radius 1 is 1.24 bits per heavy atom. The third-order valence-corrected chi connectivity index (χ3v) is 5.20. The standard InChI is InChI=1S/C21H35N5O2.HI/c1-2-22-21(23-10-5-11-26-12-14-27-15-13-26)25-17-18-8-9-20(24-16-18)28-19-6-3-4-7-19;/h8-9,16,19H,2-7,10-15,17H2,1H3,(H2,22,23,25);1H. The lowest BCUT2D eigenvalue weighted by atomic mass is 10.3. The molecule has 0 unspecified atom stereocenters. The fraction of sp³-hybridized carbons (Fsp3) is 0.714. The first-order valence-electron chi connectivity index (χ1n) is 10.8. The van der Waals surface area contributed by atoms with Crippen LogP contribution in [0.2, 0.25) is 0 Å². The van der Waals surface area contributed by atoms with Crippen LogP contribution in [0.25, 0.3) is 0 Å². The molecule has 1 aliphatic heterocycles. The molecule has 2 heterocycles. The zero-order valence-electron chi connectivity index (χ0n) is 17.6. The topological polar surface area (TPSA) is 71.0 Å². The lowest BCUT2D eigenvalue weighted by Gasteiger charge is -2.26. The van der Waals surface area contributed by atoms with Crippen LogP contribution in [0.15, 0.2) is 23.3 Å². The number of aliphatic imine (C=N–C) groups is 1. The molecule has 29 heavy (non-hydrogen) atoms. The average molecular weight is 517 g/mol. The van der Waals surface area contributed by atoms with E-state index in [2.05, 4.69) is 38.5 Å². The van der Waals surface area contributed by atoms with Crippen molar-refractivity contribution < 1.29 is 9.47 Å². The van der Waals surface area contributed by atoms with Gasteiger partial charge < -0.3 is 20.1 Å². The van der Waals surface area contributed by atoms with Crippen molar-refractivity contribution in [2.45, 2.75) is 51.7 Å². The Bertz CT molecular complexity index is 587. The van der Waals surface area contributed by atoms with Gasteiger partial charge in [0.2, 0.25) is 5.88 Å². The number of hydrogen-bond donors (Lipinski definition) is 2. The number of halogens is 1. The Morgan fingerprint density at radius 3 is 2.72 bits per heavy atom. The lowest BCUT2D eigenvalue weighted by Crippen LogP contribution is -2.40. The number of nitrogens with one attached hydrogen (secondary N) is 2.